The molecule has 0 saturated heterocycles. The van der Waals surface area contributed by atoms with Crippen LogP contribution in [0.1, 0.15) is 5.56 Å². The SMILES string of the molecule is N#Cc1cc(-c2ccc(Cl)cc2)ccc1N=[N+]=[N-]. The average molecular weight is 255 g/mol. The van der Waals surface area contributed by atoms with E-state index in [1.165, 1.54) is 0 Å². The summed E-state index contributed by atoms with van der Waals surface area (Å²) in [4.78, 5) is 2.68. The van der Waals surface area contributed by atoms with Gasteiger partial charge < -0.3 is 0 Å². The maximum Gasteiger partial charge on any atom is 0.0996 e. The first-order chi connectivity index (χ1) is 8.74. The van der Waals surface area contributed by atoms with E-state index in [0.29, 0.717) is 16.3 Å². The van der Waals surface area contributed by atoms with Crippen LogP contribution in [0.3, 0.4) is 0 Å². The molecule has 2 aromatic rings. The van der Waals surface area contributed by atoms with Gasteiger partial charge in [-0.3, -0.25) is 0 Å². The standard InChI is InChI=1S/C13H7ClN4/c14-12-4-1-9(2-5-12)10-3-6-13(17-18-16)11(7-10)8-15/h1-7H. The number of nitrogens with zero attached hydrogens (tertiary/aromatic N) is 4. The smallest absolute Gasteiger partial charge is 0.0996 e. The highest BCUT2D eigenvalue weighted by atomic mass is 35.5. The normalized spacial score (nSPS) is 9.33. The predicted octanol–water partition coefficient (Wildman–Crippen LogP) is 4.82. The van der Waals surface area contributed by atoms with Gasteiger partial charge in [0.2, 0.25) is 0 Å². The highest BCUT2D eigenvalue weighted by Crippen LogP contribution is 2.27. The van der Waals surface area contributed by atoms with E-state index in [4.69, 9.17) is 22.4 Å². The fourth-order valence-electron chi connectivity index (χ4n) is 1.58. The summed E-state index contributed by atoms with van der Waals surface area (Å²) in [5.74, 6) is 0. The molecule has 4 nitrogen and oxygen atoms in total. The first kappa shape index (κ1) is 12.0. The van der Waals surface area contributed by atoms with Gasteiger partial charge in [-0.1, -0.05) is 41.0 Å². The van der Waals surface area contributed by atoms with Crippen molar-refractivity contribution in [2.75, 3.05) is 0 Å². The summed E-state index contributed by atoms with van der Waals surface area (Å²) in [6.07, 6.45) is 0. The summed E-state index contributed by atoms with van der Waals surface area (Å²) in [6.45, 7) is 0. The van der Waals surface area contributed by atoms with Crippen molar-refractivity contribution in [2.45, 2.75) is 0 Å². The van der Waals surface area contributed by atoms with Crippen molar-refractivity contribution < 1.29 is 0 Å². The van der Waals surface area contributed by atoms with E-state index in [0.717, 1.165) is 11.1 Å². The van der Waals surface area contributed by atoms with Gasteiger partial charge in [-0.15, -0.1) is 0 Å². The molecule has 0 N–H and O–H groups in total. The number of hydrogen-bond donors (Lipinski definition) is 0. The second kappa shape index (κ2) is 5.24. The van der Waals surface area contributed by atoms with Crippen LogP contribution in [0.25, 0.3) is 21.6 Å². The first-order valence-electron chi connectivity index (χ1n) is 5.10. The van der Waals surface area contributed by atoms with Crippen molar-refractivity contribution in [3.63, 3.8) is 0 Å². The van der Waals surface area contributed by atoms with E-state index in [9.17, 15) is 0 Å². The first-order valence-corrected chi connectivity index (χ1v) is 5.47. The number of benzene rings is 2. The van der Waals surface area contributed by atoms with Crippen LogP contribution in [-0.2, 0) is 0 Å². The highest BCUT2D eigenvalue weighted by molar-refractivity contribution is 6.30. The Balaban J connectivity index is 2.51. The molecule has 0 radical (unpaired) electrons. The lowest BCUT2D eigenvalue weighted by Crippen LogP contribution is -1.81. The number of rotatable bonds is 2. The minimum absolute atomic E-state index is 0.331. The van der Waals surface area contributed by atoms with Crippen molar-refractivity contribution in [3.05, 3.63) is 63.5 Å². The third-order valence-corrected chi connectivity index (χ3v) is 2.70. The Bertz CT molecular complexity index is 664. The van der Waals surface area contributed by atoms with E-state index in [1.807, 2.05) is 18.2 Å². The monoisotopic (exact) mass is 254 g/mol. The summed E-state index contributed by atoms with van der Waals surface area (Å²) in [5.41, 5.74) is 10.9. The lowest BCUT2D eigenvalue weighted by molar-refractivity contribution is 1.41. The van der Waals surface area contributed by atoms with Crippen LogP contribution in [0.2, 0.25) is 5.02 Å². The van der Waals surface area contributed by atoms with E-state index >= 15 is 0 Å². The van der Waals surface area contributed by atoms with Crippen molar-refractivity contribution in [1.29, 1.82) is 5.26 Å². The number of azide groups is 1. The summed E-state index contributed by atoms with van der Waals surface area (Å²) < 4.78 is 0. The van der Waals surface area contributed by atoms with Gasteiger partial charge >= 0.3 is 0 Å². The zero-order chi connectivity index (χ0) is 13.0. The molecule has 5 heteroatoms. The molecule has 18 heavy (non-hydrogen) atoms. The summed E-state index contributed by atoms with van der Waals surface area (Å²) in [5, 5.41) is 13.1. The minimum Gasteiger partial charge on any atom is -0.192 e. The van der Waals surface area contributed by atoms with Crippen LogP contribution in [0, 0.1) is 11.3 Å². The molecule has 0 aromatic heterocycles. The molecule has 0 unspecified atom stereocenters. The average Bonchev–Trinajstić information content (AvgIpc) is 2.40. The molecule has 0 aliphatic carbocycles. The lowest BCUT2D eigenvalue weighted by Gasteiger charge is -2.04. The molecule has 0 aliphatic rings. The molecule has 0 spiro atoms. The van der Waals surface area contributed by atoms with E-state index < -0.39 is 0 Å². The minimum atomic E-state index is 0.331. The number of nitriles is 1. The Hall–Kier alpha value is -2.47. The summed E-state index contributed by atoms with van der Waals surface area (Å²) >= 11 is 5.82. The second-order valence-electron chi connectivity index (χ2n) is 3.54. The Kier molecular flexibility index (Phi) is 3.49. The second-order valence-corrected chi connectivity index (χ2v) is 3.98. The fourth-order valence-corrected chi connectivity index (χ4v) is 1.71. The van der Waals surface area contributed by atoms with Crippen LogP contribution < -0.4 is 0 Å². The number of hydrogen-bond acceptors (Lipinski definition) is 2. The lowest BCUT2D eigenvalue weighted by atomic mass is 10.0. The molecule has 0 amide bonds. The molecule has 2 aromatic carbocycles. The van der Waals surface area contributed by atoms with Gasteiger partial charge in [0.25, 0.3) is 0 Å². The molecular weight excluding hydrogens is 248 g/mol. The maximum atomic E-state index is 9.01. The van der Waals surface area contributed by atoms with Crippen LogP contribution in [0.5, 0.6) is 0 Å². The Morgan fingerprint density at radius 1 is 1.11 bits per heavy atom. The Labute approximate surface area is 109 Å². The molecule has 0 fully saturated rings. The maximum absolute atomic E-state index is 9.01. The van der Waals surface area contributed by atoms with Gasteiger partial charge in [-0.2, -0.15) is 5.26 Å². The third kappa shape index (κ3) is 2.44. The van der Waals surface area contributed by atoms with Gasteiger partial charge in [0.15, 0.2) is 0 Å². The molecule has 86 valence electrons. The third-order valence-electron chi connectivity index (χ3n) is 2.45. The van der Waals surface area contributed by atoms with Gasteiger partial charge in [0.05, 0.1) is 17.3 Å². The van der Waals surface area contributed by atoms with Crippen LogP contribution in [0.4, 0.5) is 5.69 Å². The van der Waals surface area contributed by atoms with E-state index in [-0.39, 0.29) is 0 Å². The molecule has 0 atom stereocenters. The molecule has 0 heterocycles. The fraction of sp³-hybridized carbons (Fsp3) is 0. The van der Waals surface area contributed by atoms with Crippen molar-refractivity contribution in [3.8, 4) is 17.2 Å². The van der Waals surface area contributed by atoms with Crippen molar-refractivity contribution >= 4 is 17.3 Å². The van der Waals surface area contributed by atoms with Crippen LogP contribution >= 0.6 is 11.6 Å². The summed E-state index contributed by atoms with van der Waals surface area (Å²) in [6, 6.07) is 14.4. The zero-order valence-electron chi connectivity index (χ0n) is 9.21. The van der Waals surface area contributed by atoms with E-state index in [1.54, 1.807) is 30.3 Å². The molecule has 0 saturated carbocycles. The quantitative estimate of drug-likeness (QED) is 0.430. The molecule has 2 rings (SSSR count). The van der Waals surface area contributed by atoms with Gasteiger partial charge in [0, 0.05) is 9.93 Å². The van der Waals surface area contributed by atoms with Crippen molar-refractivity contribution in [2.24, 2.45) is 5.11 Å². The van der Waals surface area contributed by atoms with Crippen molar-refractivity contribution in [1.82, 2.24) is 0 Å². The largest absolute Gasteiger partial charge is 0.192 e. The topological polar surface area (TPSA) is 72.5 Å². The molecular formula is C13H7ClN4. The molecule has 0 aliphatic heterocycles. The highest BCUT2D eigenvalue weighted by Gasteiger charge is 2.03. The van der Waals surface area contributed by atoms with Gasteiger partial charge in [-0.05, 0) is 34.9 Å². The molecule has 0 bridgehead atoms. The Morgan fingerprint density at radius 2 is 1.78 bits per heavy atom. The summed E-state index contributed by atoms with van der Waals surface area (Å²) in [7, 11) is 0. The van der Waals surface area contributed by atoms with Crippen LogP contribution in [0.15, 0.2) is 47.6 Å². The zero-order valence-corrected chi connectivity index (χ0v) is 9.96. The number of halogens is 1. The van der Waals surface area contributed by atoms with Gasteiger partial charge in [0.1, 0.15) is 0 Å². The van der Waals surface area contributed by atoms with Crippen LogP contribution in [-0.4, -0.2) is 0 Å². The predicted molar refractivity (Wildman–Crippen MR) is 70.4 cm³/mol. The Morgan fingerprint density at radius 3 is 2.39 bits per heavy atom. The van der Waals surface area contributed by atoms with E-state index in [2.05, 4.69) is 10.0 Å². The van der Waals surface area contributed by atoms with Gasteiger partial charge in [-0.25, -0.2) is 0 Å².